The van der Waals surface area contributed by atoms with Gasteiger partial charge in [0.1, 0.15) is 0 Å². The number of nitrogens with one attached hydrogen (secondary N) is 1. The van der Waals surface area contributed by atoms with E-state index in [-0.39, 0.29) is 6.04 Å². The van der Waals surface area contributed by atoms with Crippen molar-refractivity contribution in [1.82, 2.24) is 15.1 Å². The first kappa shape index (κ1) is 14.3. The molecule has 1 N–H and O–H groups in total. The topological polar surface area (TPSA) is 39.1 Å². The lowest BCUT2D eigenvalue weighted by Crippen LogP contribution is -2.27. The maximum atomic E-state index is 5.80. The van der Waals surface area contributed by atoms with Crippen molar-refractivity contribution in [2.75, 3.05) is 13.2 Å². The minimum atomic E-state index is 0.279. The Balaban J connectivity index is 1.84. The molecule has 1 aliphatic rings. The Hall–Kier alpha value is -1.65. The van der Waals surface area contributed by atoms with E-state index in [1.54, 1.807) is 0 Å². The maximum Gasteiger partial charge on any atom is 0.0649 e. The molecular formula is C17H23N3O. The van der Waals surface area contributed by atoms with Crippen LogP contribution < -0.4 is 5.32 Å². The molecule has 0 bridgehead atoms. The van der Waals surface area contributed by atoms with E-state index in [2.05, 4.69) is 35.5 Å². The summed E-state index contributed by atoms with van der Waals surface area (Å²) in [5.41, 5.74) is 2.31. The summed E-state index contributed by atoms with van der Waals surface area (Å²) in [6.07, 6.45) is 5.60. The van der Waals surface area contributed by atoms with E-state index >= 15 is 0 Å². The first-order chi connectivity index (χ1) is 10.4. The van der Waals surface area contributed by atoms with Crippen molar-refractivity contribution < 1.29 is 4.74 Å². The van der Waals surface area contributed by atoms with Gasteiger partial charge in [-0.05, 0) is 44.0 Å². The molecule has 0 amide bonds. The summed E-state index contributed by atoms with van der Waals surface area (Å²) in [6, 6.07) is 12.7. The maximum absolute atomic E-state index is 5.80. The van der Waals surface area contributed by atoms with Gasteiger partial charge in [0.05, 0.1) is 23.5 Å². The Kier molecular flexibility index (Phi) is 4.68. The van der Waals surface area contributed by atoms with Gasteiger partial charge < -0.3 is 10.1 Å². The van der Waals surface area contributed by atoms with Crippen molar-refractivity contribution in [3.8, 4) is 5.69 Å². The molecule has 0 spiro atoms. The van der Waals surface area contributed by atoms with E-state index in [1.165, 1.54) is 18.5 Å². The van der Waals surface area contributed by atoms with E-state index in [0.717, 1.165) is 25.3 Å². The third-order valence-corrected chi connectivity index (χ3v) is 4.00. The molecule has 21 heavy (non-hydrogen) atoms. The highest BCUT2D eigenvalue weighted by molar-refractivity contribution is 5.33. The molecule has 1 aliphatic heterocycles. The summed E-state index contributed by atoms with van der Waals surface area (Å²) in [7, 11) is 0. The van der Waals surface area contributed by atoms with Gasteiger partial charge in [-0.1, -0.05) is 25.1 Å². The van der Waals surface area contributed by atoms with Crippen molar-refractivity contribution >= 4 is 0 Å². The van der Waals surface area contributed by atoms with Crippen molar-refractivity contribution in [3.05, 3.63) is 48.3 Å². The van der Waals surface area contributed by atoms with Crippen LogP contribution in [0.2, 0.25) is 0 Å². The lowest BCUT2D eigenvalue weighted by atomic mass is 10.0. The van der Waals surface area contributed by atoms with Crippen LogP contribution in [0.5, 0.6) is 0 Å². The standard InChI is InChI=1S/C17H23N3O/c1-2-18-16(13-15-9-6-12-21-15)17-10-11-19-20(17)14-7-4-3-5-8-14/h3-5,7-8,10-11,15-16,18H,2,6,9,12-13H2,1H3. The number of ether oxygens (including phenoxy) is 1. The minimum Gasteiger partial charge on any atom is -0.378 e. The smallest absolute Gasteiger partial charge is 0.0649 e. The number of hydrogen-bond donors (Lipinski definition) is 1. The molecule has 2 unspecified atom stereocenters. The van der Waals surface area contributed by atoms with Crippen molar-refractivity contribution in [2.45, 2.75) is 38.3 Å². The van der Waals surface area contributed by atoms with Gasteiger partial charge in [0.2, 0.25) is 0 Å². The molecule has 4 heteroatoms. The van der Waals surface area contributed by atoms with E-state index in [0.29, 0.717) is 6.10 Å². The molecule has 1 aromatic carbocycles. The van der Waals surface area contributed by atoms with Gasteiger partial charge in [-0.2, -0.15) is 5.10 Å². The van der Waals surface area contributed by atoms with Crippen LogP contribution in [-0.2, 0) is 4.74 Å². The van der Waals surface area contributed by atoms with E-state index < -0.39 is 0 Å². The molecule has 1 saturated heterocycles. The highest BCUT2D eigenvalue weighted by atomic mass is 16.5. The number of rotatable bonds is 6. The molecule has 4 nitrogen and oxygen atoms in total. The van der Waals surface area contributed by atoms with Crippen LogP contribution >= 0.6 is 0 Å². The molecule has 2 aromatic rings. The average molecular weight is 285 g/mol. The van der Waals surface area contributed by atoms with Crippen LogP contribution in [0.15, 0.2) is 42.6 Å². The van der Waals surface area contributed by atoms with Gasteiger partial charge in [-0.3, -0.25) is 0 Å². The van der Waals surface area contributed by atoms with Gasteiger partial charge in [-0.25, -0.2) is 4.68 Å². The van der Waals surface area contributed by atoms with Crippen molar-refractivity contribution in [1.29, 1.82) is 0 Å². The number of hydrogen-bond acceptors (Lipinski definition) is 3. The molecular weight excluding hydrogens is 262 g/mol. The van der Waals surface area contributed by atoms with Gasteiger partial charge in [0, 0.05) is 12.8 Å². The first-order valence-electron chi connectivity index (χ1n) is 7.83. The van der Waals surface area contributed by atoms with E-state index in [9.17, 15) is 0 Å². The Morgan fingerprint density at radius 2 is 2.19 bits per heavy atom. The molecule has 0 aliphatic carbocycles. The molecule has 1 fully saturated rings. The van der Waals surface area contributed by atoms with Gasteiger partial charge >= 0.3 is 0 Å². The molecule has 1 aromatic heterocycles. The second-order valence-electron chi connectivity index (χ2n) is 5.48. The van der Waals surface area contributed by atoms with Crippen LogP contribution in [0.4, 0.5) is 0 Å². The highest BCUT2D eigenvalue weighted by Gasteiger charge is 2.23. The SMILES string of the molecule is CCNC(CC1CCCO1)c1ccnn1-c1ccccc1. The Morgan fingerprint density at radius 1 is 1.33 bits per heavy atom. The van der Waals surface area contributed by atoms with Crippen LogP contribution in [0.3, 0.4) is 0 Å². The van der Waals surface area contributed by atoms with Gasteiger partial charge in [0.25, 0.3) is 0 Å². The zero-order valence-corrected chi connectivity index (χ0v) is 12.5. The molecule has 2 atom stereocenters. The Bertz CT molecular complexity index is 546. The van der Waals surface area contributed by atoms with E-state index in [4.69, 9.17) is 4.74 Å². The van der Waals surface area contributed by atoms with Gasteiger partial charge in [0.15, 0.2) is 0 Å². The molecule has 112 valence electrons. The normalized spacial score (nSPS) is 19.8. The summed E-state index contributed by atoms with van der Waals surface area (Å²) in [5.74, 6) is 0. The Labute approximate surface area is 126 Å². The summed E-state index contributed by atoms with van der Waals surface area (Å²) in [6.45, 7) is 3.99. The monoisotopic (exact) mass is 285 g/mol. The van der Waals surface area contributed by atoms with Crippen LogP contribution in [-0.4, -0.2) is 29.0 Å². The van der Waals surface area contributed by atoms with Crippen LogP contribution in [0, 0.1) is 0 Å². The molecule has 2 heterocycles. The number of nitrogens with zero attached hydrogens (tertiary/aromatic N) is 2. The fourth-order valence-corrected chi connectivity index (χ4v) is 3.01. The van der Waals surface area contributed by atoms with E-state index in [1.807, 2.05) is 29.1 Å². The third-order valence-electron chi connectivity index (χ3n) is 4.00. The summed E-state index contributed by atoms with van der Waals surface area (Å²) < 4.78 is 7.83. The fourth-order valence-electron chi connectivity index (χ4n) is 3.01. The van der Waals surface area contributed by atoms with Crippen LogP contribution in [0.1, 0.15) is 37.9 Å². The second-order valence-corrected chi connectivity index (χ2v) is 5.48. The molecule has 0 radical (unpaired) electrons. The predicted octanol–water partition coefficient (Wildman–Crippen LogP) is 3.09. The van der Waals surface area contributed by atoms with Gasteiger partial charge in [-0.15, -0.1) is 0 Å². The average Bonchev–Trinajstić information content (AvgIpc) is 3.19. The lowest BCUT2D eigenvalue weighted by molar-refractivity contribution is 0.0940. The minimum absolute atomic E-state index is 0.279. The quantitative estimate of drug-likeness (QED) is 0.886. The third kappa shape index (κ3) is 3.34. The lowest BCUT2D eigenvalue weighted by Gasteiger charge is -2.22. The van der Waals surface area contributed by atoms with Crippen molar-refractivity contribution in [2.24, 2.45) is 0 Å². The summed E-state index contributed by atoms with van der Waals surface area (Å²) >= 11 is 0. The number of aromatic nitrogens is 2. The molecule has 3 rings (SSSR count). The number of benzene rings is 1. The largest absolute Gasteiger partial charge is 0.378 e. The molecule has 0 saturated carbocycles. The fraction of sp³-hybridized carbons (Fsp3) is 0.471. The second kappa shape index (κ2) is 6.87. The Morgan fingerprint density at radius 3 is 2.90 bits per heavy atom. The van der Waals surface area contributed by atoms with Crippen molar-refractivity contribution in [3.63, 3.8) is 0 Å². The zero-order chi connectivity index (χ0) is 14.5. The van der Waals surface area contributed by atoms with Crippen LogP contribution in [0.25, 0.3) is 5.69 Å². The zero-order valence-electron chi connectivity index (χ0n) is 12.5. The number of para-hydroxylation sites is 1. The first-order valence-corrected chi connectivity index (χ1v) is 7.83. The summed E-state index contributed by atoms with van der Waals surface area (Å²) in [5, 5.41) is 8.08. The highest BCUT2D eigenvalue weighted by Crippen LogP contribution is 2.26. The summed E-state index contributed by atoms with van der Waals surface area (Å²) in [4.78, 5) is 0. The predicted molar refractivity (Wildman–Crippen MR) is 83.6 cm³/mol.